The fourth-order valence-electron chi connectivity index (χ4n) is 11.0. The molecule has 0 aromatic rings. The Morgan fingerprint density at radius 1 is 0.750 bits per heavy atom. The summed E-state index contributed by atoms with van der Waals surface area (Å²) in [6.45, 7) is 55.9. The minimum atomic E-state index is -2.54. The highest BCUT2D eigenvalue weighted by Gasteiger charge is 2.58. The number of hydrogen-bond acceptors (Lipinski definition) is 10. The number of aliphatic hydroxyl groups is 1. The number of Topliss-reactive ketones (excluding diaryl/α,β-unsaturated/α-hetero) is 1. The van der Waals surface area contributed by atoms with Crippen LogP contribution in [0.4, 0.5) is 0 Å². The summed E-state index contributed by atoms with van der Waals surface area (Å²) in [6, 6.07) is 0. The summed E-state index contributed by atoms with van der Waals surface area (Å²) < 4.78 is 57.3. The van der Waals surface area contributed by atoms with Gasteiger partial charge in [0, 0.05) is 25.9 Å². The van der Waals surface area contributed by atoms with E-state index in [2.05, 4.69) is 168 Å². The lowest BCUT2D eigenvalue weighted by Crippen LogP contribution is -2.69. The molecule has 10 nitrogen and oxygen atoms in total. The van der Waals surface area contributed by atoms with Crippen LogP contribution in [-0.4, -0.2) is 122 Å². The quantitative estimate of drug-likeness (QED) is 0.0485. The lowest BCUT2D eigenvalue weighted by atomic mass is 9.83. The number of aliphatic hydroxyl groups excluding tert-OH is 1. The Balaban J connectivity index is 1.69. The highest BCUT2D eigenvalue weighted by atomic mass is 28.4. The molecule has 0 aromatic heterocycles. The van der Waals surface area contributed by atoms with E-state index >= 15 is 0 Å². The van der Waals surface area contributed by atoms with Crippen molar-refractivity contribution in [3.05, 3.63) is 42.2 Å². The van der Waals surface area contributed by atoms with E-state index in [1.54, 1.807) is 7.11 Å². The Morgan fingerprint density at radius 2 is 1.36 bits per heavy atom. The predicted molar refractivity (Wildman–Crippen MR) is 322 cm³/mol. The lowest BCUT2D eigenvalue weighted by molar-refractivity contribution is -0.266. The number of ether oxygens (including phenoxy) is 5. The molecule has 4 rings (SSSR count). The topological polar surface area (TPSA) is 111 Å². The Hall–Kier alpha value is -1.04. The Bertz CT molecular complexity index is 1920. The highest BCUT2D eigenvalue weighted by molar-refractivity contribution is 6.75. The van der Waals surface area contributed by atoms with Gasteiger partial charge in [-0.3, -0.25) is 4.79 Å². The summed E-state index contributed by atoms with van der Waals surface area (Å²) in [7, 11) is -5.73. The Morgan fingerprint density at radius 3 is 1.91 bits per heavy atom. The van der Waals surface area contributed by atoms with Gasteiger partial charge in [-0.05, 0) is 154 Å². The summed E-state index contributed by atoms with van der Waals surface area (Å²) in [5.74, 6) is 1.66. The maximum Gasteiger partial charge on any atom is 0.193 e. The third-order valence-corrected chi connectivity index (χ3v) is 32.6. The molecular weight excluding hydrogens is 1000 g/mol. The van der Waals surface area contributed by atoms with E-state index in [-0.39, 0.29) is 69.5 Å². The number of methoxy groups -OCH3 is 1. The molecule has 0 amide bonds. The number of allylic oxidation sites excluding steroid dienone is 1. The molecule has 0 radical (unpaired) electrons. The number of fused-ring (bicyclic) bond motifs is 1. The molecule has 4 heterocycles. The van der Waals surface area contributed by atoms with Gasteiger partial charge in [0.1, 0.15) is 30.2 Å². The van der Waals surface area contributed by atoms with Crippen LogP contribution in [-0.2, 0) is 41.8 Å². The normalized spacial score (nSPS) is 30.9. The van der Waals surface area contributed by atoms with Crippen molar-refractivity contribution in [2.75, 3.05) is 7.11 Å². The van der Waals surface area contributed by atoms with Crippen LogP contribution >= 0.6 is 0 Å². The van der Waals surface area contributed by atoms with E-state index < -0.39 is 61.6 Å². The van der Waals surface area contributed by atoms with Crippen LogP contribution in [0.1, 0.15) is 187 Å². The molecule has 13 heteroatoms. The molecule has 4 aliphatic heterocycles. The molecule has 0 bridgehead atoms. The van der Waals surface area contributed by atoms with Crippen molar-refractivity contribution in [3.63, 3.8) is 0 Å². The van der Waals surface area contributed by atoms with Crippen LogP contribution < -0.4 is 0 Å². The van der Waals surface area contributed by atoms with Crippen molar-refractivity contribution < 1.29 is 46.9 Å². The number of carbonyl (C=O) groups excluding carboxylic acids is 1. The van der Waals surface area contributed by atoms with Crippen LogP contribution in [0, 0.1) is 23.7 Å². The van der Waals surface area contributed by atoms with Crippen LogP contribution in [0.2, 0.25) is 54.4 Å². The third kappa shape index (κ3) is 18.5. The number of hydrogen-bond donors (Lipinski definition) is 1. The monoisotopic (exact) mass is 1120 g/mol. The van der Waals surface area contributed by atoms with Crippen LogP contribution in [0.3, 0.4) is 0 Å². The van der Waals surface area contributed by atoms with Gasteiger partial charge in [-0.25, -0.2) is 0 Å². The van der Waals surface area contributed by atoms with Gasteiger partial charge >= 0.3 is 0 Å². The van der Waals surface area contributed by atoms with Gasteiger partial charge in [0.2, 0.25) is 0 Å². The first-order valence-electron chi connectivity index (χ1n) is 30.0. The van der Waals surface area contributed by atoms with Crippen molar-refractivity contribution in [1.82, 2.24) is 0 Å². The van der Waals surface area contributed by atoms with E-state index in [1.807, 2.05) is 6.08 Å². The van der Waals surface area contributed by atoms with Crippen molar-refractivity contribution in [3.8, 4) is 0 Å². The molecule has 1 N–H and O–H groups in total. The van der Waals surface area contributed by atoms with Crippen molar-refractivity contribution >= 4 is 30.7 Å². The second-order valence-corrected chi connectivity index (χ2v) is 43.6. The van der Waals surface area contributed by atoms with Crippen LogP contribution in [0.25, 0.3) is 0 Å². The van der Waals surface area contributed by atoms with Crippen molar-refractivity contribution in [1.29, 1.82) is 0 Å². The SMILES string of the molecule is C=C=C(C)C[C@@H](C)CC[C@@H]1OC(CCC(O)/C=C/[C@H](O[Si](C)(C)C(C)(C)C)[C@@H]2O[C@H]3CC[C@H](CC(=O)C[C@@H]4[C@@H](OC)[C@@H](C[C@@H](C)CC)O[C@H]4CC(C)C)O[C@@H]3[C@H](O[Si](C)(C)C(C)(C)C)[C@@H]2O[Si](C)(C)C(C)(C)C)CC1=C. The molecule has 4 aliphatic rings. The molecule has 0 saturated carbocycles. The first kappa shape index (κ1) is 67.5. The van der Waals surface area contributed by atoms with Gasteiger partial charge in [-0.2, -0.15) is 0 Å². The molecule has 76 heavy (non-hydrogen) atoms. The molecule has 2 unspecified atom stereocenters. The molecule has 4 fully saturated rings. The summed E-state index contributed by atoms with van der Waals surface area (Å²) in [6.07, 6.45) is 10.1. The molecule has 0 aromatic carbocycles. The van der Waals surface area contributed by atoms with Gasteiger partial charge in [-0.1, -0.05) is 129 Å². The van der Waals surface area contributed by atoms with Crippen molar-refractivity contribution in [2.24, 2.45) is 23.7 Å². The van der Waals surface area contributed by atoms with Gasteiger partial charge < -0.3 is 42.1 Å². The van der Waals surface area contributed by atoms with Gasteiger partial charge in [-0.15, -0.1) is 5.73 Å². The summed E-state index contributed by atoms with van der Waals surface area (Å²) in [5, 5.41) is 11.5. The second-order valence-electron chi connectivity index (χ2n) is 29.4. The molecule has 440 valence electrons. The number of ketones is 1. The zero-order valence-electron chi connectivity index (χ0n) is 52.7. The average Bonchev–Trinajstić information content (AvgIpc) is 3.81. The maximum absolute atomic E-state index is 14.5. The maximum atomic E-state index is 14.5. The van der Waals surface area contributed by atoms with Gasteiger partial charge in [0.25, 0.3) is 0 Å². The van der Waals surface area contributed by atoms with E-state index in [0.717, 1.165) is 56.9 Å². The highest BCUT2D eigenvalue weighted by Crippen LogP contribution is 2.48. The smallest absolute Gasteiger partial charge is 0.193 e. The van der Waals surface area contributed by atoms with E-state index in [9.17, 15) is 9.90 Å². The lowest BCUT2D eigenvalue weighted by Gasteiger charge is -2.56. The fraction of sp³-hybridized carbons (Fsp3) is 0.873. The largest absolute Gasteiger partial charge is 0.408 e. The van der Waals surface area contributed by atoms with E-state index in [4.69, 9.17) is 37.0 Å². The fourth-order valence-corrected chi connectivity index (χ4v) is 14.9. The minimum absolute atomic E-state index is 0.00645. The molecule has 0 spiro atoms. The van der Waals surface area contributed by atoms with Crippen LogP contribution in [0.5, 0.6) is 0 Å². The Labute approximate surface area is 469 Å². The molecular formula is C63H116O10Si3. The average molecular weight is 1120 g/mol. The summed E-state index contributed by atoms with van der Waals surface area (Å²) in [5.41, 5.74) is 5.39. The van der Waals surface area contributed by atoms with Gasteiger partial charge in [0.05, 0.1) is 54.9 Å². The first-order chi connectivity index (χ1) is 34.9. The van der Waals surface area contributed by atoms with E-state index in [1.165, 1.54) is 5.57 Å². The molecule has 0 aliphatic carbocycles. The first-order valence-corrected chi connectivity index (χ1v) is 38.8. The molecule has 4 saturated heterocycles. The zero-order valence-corrected chi connectivity index (χ0v) is 55.7. The standard InChI is InChI=1S/C63H116O10Si3/c1-25-42(5)36-44(7)27-32-51-45(8)38-48(67-51)30-28-46(64)29-33-53(71-74(19,20)61(9,10)11)58-60(73-76(23,24)63(15,16)17)59(72-75(21,22)62(12,13)14)57-52(70-58)34-31-49(68-57)39-47(65)40-50-54(35-41(3)4)69-55(56(50)66-18)37-43(6)26-2/h29,33,41,43-44,46,48-60,64H,1,8,26-28,30-32,34-40H2,2-7,9-24H3/b33-29+/t43-,44-,46?,48?,49+,50-,51-,52-,53-,54-,55+,56+,57-,58-,59-,60+/m0/s1. The second kappa shape index (κ2) is 27.8. The summed E-state index contributed by atoms with van der Waals surface area (Å²) in [4.78, 5) is 14.5. The van der Waals surface area contributed by atoms with Crippen molar-refractivity contribution in [2.45, 2.75) is 321 Å². The van der Waals surface area contributed by atoms with Gasteiger partial charge in [0.15, 0.2) is 25.0 Å². The minimum Gasteiger partial charge on any atom is -0.408 e. The van der Waals surface area contributed by atoms with Crippen LogP contribution in [0.15, 0.2) is 42.2 Å². The Kier molecular flexibility index (Phi) is 24.7. The van der Waals surface area contributed by atoms with E-state index in [0.29, 0.717) is 49.9 Å². The zero-order chi connectivity index (χ0) is 57.5. The third-order valence-electron chi connectivity index (χ3n) is 19.2. The predicted octanol–water partition coefficient (Wildman–Crippen LogP) is 15.7. The number of carbonyl (C=O) groups is 1. The number of rotatable bonds is 27. The summed E-state index contributed by atoms with van der Waals surface area (Å²) >= 11 is 0. The molecule has 16 atom stereocenters.